The molecular formula is C8H9N3O2. The van der Waals surface area contributed by atoms with E-state index in [1.165, 1.54) is 6.33 Å². The molecule has 0 aliphatic rings. The second-order valence-electron chi connectivity index (χ2n) is 2.62. The van der Waals surface area contributed by atoms with Crippen LogP contribution in [-0.2, 0) is 13.2 Å². The summed E-state index contributed by atoms with van der Waals surface area (Å²) in [6, 6.07) is 1.81. The van der Waals surface area contributed by atoms with E-state index in [1.807, 2.05) is 6.07 Å². The first-order valence-electron chi connectivity index (χ1n) is 3.88. The first-order chi connectivity index (χ1) is 6.40. The third-order valence-corrected chi connectivity index (χ3v) is 1.78. The molecule has 0 spiro atoms. The number of hydrogen-bond donors (Lipinski definition) is 1. The SMILES string of the molecule is OCc1occc1Cn1cncn1. The Kier molecular flexibility index (Phi) is 2.09. The molecular weight excluding hydrogens is 170 g/mol. The van der Waals surface area contributed by atoms with Crippen molar-refractivity contribution in [1.82, 2.24) is 14.8 Å². The zero-order valence-electron chi connectivity index (χ0n) is 6.92. The maximum atomic E-state index is 8.90. The largest absolute Gasteiger partial charge is 0.467 e. The lowest BCUT2D eigenvalue weighted by Gasteiger charge is -1.98. The summed E-state index contributed by atoms with van der Waals surface area (Å²) in [5.74, 6) is 0.579. The van der Waals surface area contributed by atoms with Crippen molar-refractivity contribution in [1.29, 1.82) is 0 Å². The van der Waals surface area contributed by atoms with E-state index in [4.69, 9.17) is 9.52 Å². The summed E-state index contributed by atoms with van der Waals surface area (Å²) in [4.78, 5) is 3.82. The zero-order chi connectivity index (χ0) is 9.10. The van der Waals surface area contributed by atoms with Crippen molar-refractivity contribution in [2.75, 3.05) is 0 Å². The van der Waals surface area contributed by atoms with Crippen molar-refractivity contribution in [2.24, 2.45) is 0 Å². The maximum Gasteiger partial charge on any atom is 0.137 e. The maximum absolute atomic E-state index is 8.90. The lowest BCUT2D eigenvalue weighted by molar-refractivity contribution is 0.245. The smallest absolute Gasteiger partial charge is 0.137 e. The molecule has 0 fully saturated rings. The minimum Gasteiger partial charge on any atom is -0.467 e. The predicted molar refractivity (Wildman–Crippen MR) is 43.8 cm³/mol. The van der Waals surface area contributed by atoms with Crippen LogP contribution in [0.2, 0.25) is 0 Å². The number of nitrogens with zero attached hydrogens (tertiary/aromatic N) is 3. The molecule has 68 valence electrons. The third kappa shape index (κ3) is 1.59. The summed E-state index contributed by atoms with van der Waals surface area (Å²) >= 11 is 0. The van der Waals surface area contributed by atoms with E-state index in [9.17, 15) is 0 Å². The van der Waals surface area contributed by atoms with Gasteiger partial charge in [-0.1, -0.05) is 0 Å². The predicted octanol–water partition coefficient (Wildman–Crippen LogP) is 0.412. The van der Waals surface area contributed by atoms with Gasteiger partial charge in [-0.05, 0) is 6.07 Å². The van der Waals surface area contributed by atoms with Crippen molar-refractivity contribution in [3.63, 3.8) is 0 Å². The highest BCUT2D eigenvalue weighted by atomic mass is 16.4. The van der Waals surface area contributed by atoms with Crippen molar-refractivity contribution in [2.45, 2.75) is 13.2 Å². The van der Waals surface area contributed by atoms with Crippen molar-refractivity contribution in [3.05, 3.63) is 36.3 Å². The Morgan fingerprint density at radius 3 is 3.15 bits per heavy atom. The summed E-state index contributed by atoms with van der Waals surface area (Å²) in [5, 5.41) is 12.8. The average molecular weight is 179 g/mol. The quantitative estimate of drug-likeness (QED) is 0.741. The van der Waals surface area contributed by atoms with E-state index >= 15 is 0 Å². The molecule has 0 aliphatic carbocycles. The topological polar surface area (TPSA) is 64.1 Å². The van der Waals surface area contributed by atoms with Crippen LogP contribution < -0.4 is 0 Å². The number of aliphatic hydroxyl groups excluding tert-OH is 1. The lowest BCUT2D eigenvalue weighted by atomic mass is 10.2. The highest BCUT2D eigenvalue weighted by Gasteiger charge is 2.05. The number of hydrogen-bond acceptors (Lipinski definition) is 4. The van der Waals surface area contributed by atoms with E-state index < -0.39 is 0 Å². The third-order valence-electron chi connectivity index (χ3n) is 1.78. The molecule has 0 saturated heterocycles. The number of aliphatic hydroxyl groups is 1. The fourth-order valence-corrected chi connectivity index (χ4v) is 1.14. The van der Waals surface area contributed by atoms with Gasteiger partial charge in [0.1, 0.15) is 25.0 Å². The van der Waals surface area contributed by atoms with Crippen LogP contribution in [0.5, 0.6) is 0 Å². The Bertz CT molecular complexity index is 366. The van der Waals surface area contributed by atoms with Crippen molar-refractivity contribution in [3.8, 4) is 0 Å². The Hall–Kier alpha value is -1.62. The first kappa shape index (κ1) is 8.00. The van der Waals surface area contributed by atoms with E-state index in [2.05, 4.69) is 10.1 Å². The van der Waals surface area contributed by atoms with Crippen LogP contribution in [-0.4, -0.2) is 19.9 Å². The van der Waals surface area contributed by atoms with Gasteiger partial charge < -0.3 is 9.52 Å². The van der Waals surface area contributed by atoms with E-state index in [0.29, 0.717) is 12.3 Å². The molecule has 2 aromatic heterocycles. The van der Waals surface area contributed by atoms with Gasteiger partial charge >= 0.3 is 0 Å². The number of rotatable bonds is 3. The molecule has 0 atom stereocenters. The fourth-order valence-electron chi connectivity index (χ4n) is 1.14. The summed E-state index contributed by atoms with van der Waals surface area (Å²) in [6.45, 7) is 0.490. The van der Waals surface area contributed by atoms with Crippen LogP contribution in [0, 0.1) is 0 Å². The molecule has 0 bridgehead atoms. The number of aromatic nitrogens is 3. The monoisotopic (exact) mass is 179 g/mol. The molecule has 2 rings (SSSR count). The van der Waals surface area contributed by atoms with Gasteiger partial charge in [0.15, 0.2) is 0 Å². The van der Waals surface area contributed by atoms with Gasteiger partial charge in [-0.15, -0.1) is 0 Å². The van der Waals surface area contributed by atoms with Crippen molar-refractivity contribution >= 4 is 0 Å². The first-order valence-corrected chi connectivity index (χ1v) is 3.88. The van der Waals surface area contributed by atoms with Crippen LogP contribution in [0.1, 0.15) is 11.3 Å². The van der Waals surface area contributed by atoms with Crippen molar-refractivity contribution < 1.29 is 9.52 Å². The Labute approximate surface area is 74.6 Å². The molecule has 5 heteroatoms. The molecule has 5 nitrogen and oxygen atoms in total. The van der Waals surface area contributed by atoms with E-state index in [-0.39, 0.29) is 6.61 Å². The summed E-state index contributed by atoms with van der Waals surface area (Å²) < 4.78 is 6.72. The molecule has 13 heavy (non-hydrogen) atoms. The molecule has 0 radical (unpaired) electrons. The standard InChI is InChI=1S/C8H9N3O2/c12-4-8-7(1-2-13-8)3-11-6-9-5-10-11/h1-2,5-6,12H,3-4H2. The van der Waals surface area contributed by atoms with Gasteiger partial charge in [-0.3, -0.25) is 0 Å². The highest BCUT2D eigenvalue weighted by molar-refractivity contribution is 5.16. The van der Waals surface area contributed by atoms with Crippen LogP contribution in [0.4, 0.5) is 0 Å². The van der Waals surface area contributed by atoms with Crippen LogP contribution in [0.3, 0.4) is 0 Å². The minimum atomic E-state index is -0.0863. The molecule has 2 aromatic rings. The second-order valence-corrected chi connectivity index (χ2v) is 2.62. The Morgan fingerprint density at radius 1 is 1.54 bits per heavy atom. The fraction of sp³-hybridized carbons (Fsp3) is 0.250. The van der Waals surface area contributed by atoms with Gasteiger partial charge in [0, 0.05) is 5.56 Å². The van der Waals surface area contributed by atoms with Crippen LogP contribution in [0.25, 0.3) is 0 Å². The lowest BCUT2D eigenvalue weighted by Crippen LogP contribution is -2.01. The van der Waals surface area contributed by atoms with Gasteiger partial charge in [-0.2, -0.15) is 5.10 Å². The molecule has 0 aliphatic heterocycles. The molecule has 1 N–H and O–H groups in total. The van der Waals surface area contributed by atoms with Gasteiger partial charge in [0.25, 0.3) is 0 Å². The van der Waals surface area contributed by atoms with E-state index in [1.54, 1.807) is 17.3 Å². The highest BCUT2D eigenvalue weighted by Crippen LogP contribution is 2.11. The second kappa shape index (κ2) is 3.40. The van der Waals surface area contributed by atoms with Crippen LogP contribution >= 0.6 is 0 Å². The molecule has 0 unspecified atom stereocenters. The normalized spacial score (nSPS) is 10.5. The van der Waals surface area contributed by atoms with Gasteiger partial charge in [0.05, 0.1) is 12.8 Å². The number of furan rings is 1. The minimum absolute atomic E-state index is 0.0863. The molecule has 0 amide bonds. The van der Waals surface area contributed by atoms with Gasteiger partial charge in [0.2, 0.25) is 0 Å². The van der Waals surface area contributed by atoms with E-state index in [0.717, 1.165) is 5.56 Å². The molecule has 2 heterocycles. The van der Waals surface area contributed by atoms with Gasteiger partial charge in [-0.25, -0.2) is 9.67 Å². The summed E-state index contributed by atoms with van der Waals surface area (Å²) in [6.07, 6.45) is 4.64. The summed E-state index contributed by atoms with van der Waals surface area (Å²) in [5.41, 5.74) is 0.924. The van der Waals surface area contributed by atoms with Crippen LogP contribution in [0.15, 0.2) is 29.4 Å². The Balaban J connectivity index is 2.18. The summed E-state index contributed by atoms with van der Waals surface area (Å²) in [7, 11) is 0. The Morgan fingerprint density at radius 2 is 2.46 bits per heavy atom. The molecule has 0 aromatic carbocycles. The zero-order valence-corrected chi connectivity index (χ0v) is 6.92. The molecule has 0 saturated carbocycles. The average Bonchev–Trinajstić information content (AvgIpc) is 2.76.